The second-order valence-electron chi connectivity index (χ2n) is 7.66. The molecule has 1 atom stereocenters. The Morgan fingerprint density at radius 1 is 1.03 bits per heavy atom. The first-order valence-corrected chi connectivity index (χ1v) is 10.2. The van der Waals surface area contributed by atoms with Crippen molar-refractivity contribution < 1.29 is 33.0 Å². The van der Waals surface area contributed by atoms with Gasteiger partial charge >= 0.3 is 17.6 Å². The Morgan fingerprint density at radius 3 is 2.47 bits per heavy atom. The summed E-state index contributed by atoms with van der Waals surface area (Å²) in [6, 6.07) is 13.0. The average molecular weight is 462 g/mol. The van der Waals surface area contributed by atoms with Crippen LogP contribution in [0.3, 0.4) is 0 Å². The number of nitrogens with two attached hydrogens (primary N) is 1. The van der Waals surface area contributed by atoms with Crippen LogP contribution in [0.25, 0.3) is 11.0 Å². The van der Waals surface area contributed by atoms with Crippen LogP contribution in [0.1, 0.15) is 11.1 Å². The van der Waals surface area contributed by atoms with E-state index >= 15 is 0 Å². The molecule has 0 radical (unpaired) electrons. The maximum absolute atomic E-state index is 14.2. The number of carbonyl (C=O) groups excluding carboxylic acids is 3. The highest BCUT2D eigenvalue weighted by Crippen LogP contribution is 2.55. The topological polar surface area (TPSA) is 138 Å². The Bertz CT molecular complexity index is 1490. The third kappa shape index (κ3) is 2.62. The van der Waals surface area contributed by atoms with Crippen molar-refractivity contribution in [2.24, 2.45) is 5.73 Å². The van der Waals surface area contributed by atoms with Crippen LogP contribution in [-0.4, -0.2) is 38.6 Å². The van der Waals surface area contributed by atoms with E-state index < -0.39 is 41.3 Å². The molecule has 2 aliphatic heterocycles. The highest BCUT2D eigenvalue weighted by molar-refractivity contribution is 6.20. The van der Waals surface area contributed by atoms with Gasteiger partial charge in [0.15, 0.2) is 5.75 Å². The van der Waals surface area contributed by atoms with E-state index in [0.29, 0.717) is 11.1 Å². The Labute approximate surface area is 192 Å². The second kappa shape index (κ2) is 7.48. The first-order chi connectivity index (χ1) is 16.4. The molecule has 2 N–H and O–H groups in total. The quantitative estimate of drug-likeness (QED) is 0.451. The maximum Gasteiger partial charge on any atom is 0.345 e. The molecule has 1 spiro atoms. The predicted molar refractivity (Wildman–Crippen MR) is 118 cm³/mol. The molecule has 0 unspecified atom stereocenters. The summed E-state index contributed by atoms with van der Waals surface area (Å²) >= 11 is 0. The van der Waals surface area contributed by atoms with Gasteiger partial charge in [0.25, 0.3) is 0 Å². The maximum atomic E-state index is 14.2. The van der Waals surface area contributed by atoms with Crippen LogP contribution in [0.2, 0.25) is 0 Å². The van der Waals surface area contributed by atoms with Gasteiger partial charge in [-0.2, -0.15) is 0 Å². The van der Waals surface area contributed by atoms with E-state index in [4.69, 9.17) is 24.4 Å². The molecular weight excluding hydrogens is 444 g/mol. The zero-order valence-corrected chi connectivity index (χ0v) is 18.1. The van der Waals surface area contributed by atoms with Crippen molar-refractivity contribution in [1.29, 1.82) is 0 Å². The summed E-state index contributed by atoms with van der Waals surface area (Å²) in [6.07, 6.45) is 0. The molecule has 0 bridgehead atoms. The van der Waals surface area contributed by atoms with Gasteiger partial charge < -0.3 is 24.4 Å². The third-order valence-electron chi connectivity index (χ3n) is 6.04. The smallest absolute Gasteiger partial charge is 0.345 e. The molecule has 172 valence electrons. The number of carbonyl (C=O) groups is 3. The number of benzene rings is 2. The van der Waals surface area contributed by atoms with Crippen LogP contribution in [-0.2, 0) is 29.3 Å². The summed E-state index contributed by atoms with van der Waals surface area (Å²) in [5.41, 5.74) is 3.40. The van der Waals surface area contributed by atoms with E-state index in [9.17, 15) is 19.2 Å². The molecule has 10 heteroatoms. The molecule has 1 aromatic heterocycles. The van der Waals surface area contributed by atoms with Crippen molar-refractivity contribution in [2.45, 2.75) is 5.41 Å². The summed E-state index contributed by atoms with van der Waals surface area (Å²) < 4.78 is 21.0. The number of rotatable bonds is 3. The highest BCUT2D eigenvalue weighted by atomic mass is 16.5. The van der Waals surface area contributed by atoms with Crippen LogP contribution >= 0.6 is 0 Å². The molecule has 10 nitrogen and oxygen atoms in total. The third-order valence-corrected chi connectivity index (χ3v) is 6.04. The molecule has 2 aliphatic rings. The van der Waals surface area contributed by atoms with E-state index in [1.165, 1.54) is 7.11 Å². The first-order valence-electron chi connectivity index (χ1n) is 10.2. The fourth-order valence-electron chi connectivity index (χ4n) is 4.66. The van der Waals surface area contributed by atoms with Gasteiger partial charge in [-0.3, -0.25) is 14.5 Å². The van der Waals surface area contributed by atoms with Crippen molar-refractivity contribution in [1.82, 2.24) is 0 Å². The zero-order chi connectivity index (χ0) is 24.2. The monoisotopic (exact) mass is 462 g/mol. The van der Waals surface area contributed by atoms with Gasteiger partial charge in [0.1, 0.15) is 28.7 Å². The number of hydrogen-bond donors (Lipinski definition) is 1. The number of methoxy groups -OCH3 is 2. The summed E-state index contributed by atoms with van der Waals surface area (Å²) in [6.45, 7) is -0.461. The highest BCUT2D eigenvalue weighted by Gasteiger charge is 2.63. The molecule has 0 saturated heterocycles. The number of esters is 2. The number of ether oxygens (including phenoxy) is 3. The summed E-state index contributed by atoms with van der Waals surface area (Å²) in [5, 5.41) is 0.375. The largest absolute Gasteiger partial charge is 0.468 e. The minimum absolute atomic E-state index is 0.0138. The van der Waals surface area contributed by atoms with Gasteiger partial charge in [-0.05, 0) is 18.2 Å². The standard InChI is InChI=1S/C24H18N2O8/c1-31-16(27)11-26-14-9-5-4-8-13(14)24(23(26)30)17-19(34-20(25)18(24)21(28)32-2)12-7-3-6-10-15(12)33-22(17)29/h3-10H,11,25H2,1-2H3/t24-/m1/s1. The van der Waals surface area contributed by atoms with Crippen molar-refractivity contribution >= 4 is 34.5 Å². The first kappa shape index (κ1) is 21.3. The predicted octanol–water partition coefficient (Wildman–Crippen LogP) is 1.33. The van der Waals surface area contributed by atoms with E-state index in [1.807, 2.05) is 0 Å². The Balaban J connectivity index is 1.95. The number of nitrogens with zero attached hydrogens (tertiary/aromatic N) is 1. The molecule has 2 aromatic carbocycles. The second-order valence-corrected chi connectivity index (χ2v) is 7.66. The normalized spacial score (nSPS) is 18.5. The number of para-hydroxylation sites is 2. The zero-order valence-electron chi connectivity index (χ0n) is 18.1. The lowest BCUT2D eigenvalue weighted by Gasteiger charge is -2.35. The molecule has 3 aromatic rings. The van der Waals surface area contributed by atoms with E-state index in [1.54, 1.807) is 48.5 Å². The van der Waals surface area contributed by atoms with Gasteiger partial charge in [0, 0.05) is 11.3 Å². The molecule has 34 heavy (non-hydrogen) atoms. The Hall–Kier alpha value is -4.60. The fourth-order valence-corrected chi connectivity index (χ4v) is 4.66. The van der Waals surface area contributed by atoms with Crippen molar-refractivity contribution in [3.8, 4) is 5.75 Å². The molecular formula is C24H18N2O8. The molecule has 0 fully saturated rings. The van der Waals surface area contributed by atoms with Gasteiger partial charge in [0.05, 0.1) is 19.6 Å². The fraction of sp³-hybridized carbons (Fsp3) is 0.167. The Morgan fingerprint density at radius 2 is 1.74 bits per heavy atom. The van der Waals surface area contributed by atoms with Crippen molar-refractivity contribution in [2.75, 3.05) is 25.7 Å². The SMILES string of the molecule is COC(=O)CN1C(=O)[C@]2(C(C(=O)OC)=C(N)Oc3c2c(=O)oc2ccccc32)c2ccccc21. The molecule has 0 aliphatic carbocycles. The van der Waals surface area contributed by atoms with Gasteiger partial charge in [-0.25, -0.2) is 9.59 Å². The molecule has 0 saturated carbocycles. The summed E-state index contributed by atoms with van der Waals surface area (Å²) in [7, 11) is 2.30. The average Bonchev–Trinajstić information content (AvgIpc) is 3.07. The minimum Gasteiger partial charge on any atom is -0.468 e. The van der Waals surface area contributed by atoms with E-state index in [2.05, 4.69) is 0 Å². The van der Waals surface area contributed by atoms with Crippen LogP contribution in [0.5, 0.6) is 5.75 Å². The van der Waals surface area contributed by atoms with Gasteiger partial charge in [0.2, 0.25) is 11.8 Å². The van der Waals surface area contributed by atoms with Crippen LogP contribution < -0.4 is 21.0 Å². The number of anilines is 1. The molecule has 3 heterocycles. The summed E-state index contributed by atoms with van der Waals surface area (Å²) in [4.78, 5) is 54.0. The van der Waals surface area contributed by atoms with Crippen molar-refractivity contribution in [3.63, 3.8) is 0 Å². The van der Waals surface area contributed by atoms with Gasteiger partial charge in [-0.1, -0.05) is 30.3 Å². The molecule has 1 amide bonds. The summed E-state index contributed by atoms with van der Waals surface area (Å²) in [5.74, 6) is -2.86. The molecule has 5 rings (SSSR count). The Kier molecular flexibility index (Phi) is 4.67. The number of fused-ring (bicyclic) bond motifs is 6. The van der Waals surface area contributed by atoms with Gasteiger partial charge in [-0.15, -0.1) is 0 Å². The number of hydrogen-bond acceptors (Lipinski definition) is 9. The minimum atomic E-state index is -2.07. The van der Waals surface area contributed by atoms with Crippen LogP contribution in [0, 0.1) is 0 Å². The lowest BCUT2D eigenvalue weighted by molar-refractivity contribution is -0.140. The lowest BCUT2D eigenvalue weighted by Crippen LogP contribution is -2.51. The van der Waals surface area contributed by atoms with Crippen molar-refractivity contribution in [3.05, 3.63) is 81.5 Å². The van der Waals surface area contributed by atoms with E-state index in [-0.39, 0.29) is 28.0 Å². The van der Waals surface area contributed by atoms with E-state index in [0.717, 1.165) is 12.0 Å². The van der Waals surface area contributed by atoms with Crippen LogP contribution in [0.15, 0.2) is 69.2 Å². The number of amides is 1. The lowest BCUT2D eigenvalue weighted by atomic mass is 9.68. The van der Waals surface area contributed by atoms with Crippen LogP contribution in [0.4, 0.5) is 5.69 Å².